The topological polar surface area (TPSA) is 55.4 Å². The second-order valence-corrected chi connectivity index (χ2v) is 5.32. The van der Waals surface area contributed by atoms with E-state index in [-0.39, 0.29) is 11.3 Å². The molecule has 1 amide bonds. The van der Waals surface area contributed by atoms with Gasteiger partial charge in [0.15, 0.2) is 0 Å². The smallest absolute Gasteiger partial charge is 0.412 e. The van der Waals surface area contributed by atoms with Crippen LogP contribution in [0.3, 0.4) is 0 Å². The number of halogens is 2. The zero-order valence-electron chi connectivity index (χ0n) is 11.8. The van der Waals surface area contributed by atoms with Crippen molar-refractivity contribution in [2.75, 3.05) is 5.32 Å². The number of hydrogen-bond donors (Lipinski definition) is 1. The van der Waals surface area contributed by atoms with Crippen LogP contribution in [0.4, 0.5) is 19.3 Å². The van der Waals surface area contributed by atoms with Crippen molar-refractivity contribution in [2.24, 2.45) is 0 Å². The molecule has 0 aromatic heterocycles. The van der Waals surface area contributed by atoms with Crippen LogP contribution in [-0.4, -0.2) is 23.9 Å². The number of amides is 1. The predicted molar refractivity (Wildman–Crippen MR) is 71.4 cm³/mol. The lowest BCUT2D eigenvalue weighted by Gasteiger charge is -2.20. The van der Waals surface area contributed by atoms with E-state index in [0.717, 1.165) is 0 Å². The number of Topliss-reactive ketones (excluding diaryl/α,β-unsaturated/α-hetero) is 1. The molecule has 0 bridgehead atoms. The highest BCUT2D eigenvalue weighted by molar-refractivity contribution is 6.00. The SMILES string of the molecule is Cc1ccc(C(=O)C(F)F)cc1NC(=O)OC(C)(C)C. The highest BCUT2D eigenvalue weighted by Gasteiger charge is 2.20. The Balaban J connectivity index is 2.93. The largest absolute Gasteiger partial charge is 0.444 e. The molecule has 6 heteroatoms. The molecule has 1 N–H and O–H groups in total. The molecule has 0 saturated heterocycles. The van der Waals surface area contributed by atoms with Crippen LogP contribution in [0.2, 0.25) is 0 Å². The van der Waals surface area contributed by atoms with E-state index in [2.05, 4.69) is 5.32 Å². The maximum Gasteiger partial charge on any atom is 0.412 e. The molecular weight excluding hydrogens is 268 g/mol. The van der Waals surface area contributed by atoms with Crippen LogP contribution in [0.15, 0.2) is 18.2 Å². The van der Waals surface area contributed by atoms with Gasteiger partial charge in [-0.25, -0.2) is 13.6 Å². The predicted octanol–water partition coefficient (Wildman–Crippen LogP) is 3.79. The molecule has 110 valence electrons. The van der Waals surface area contributed by atoms with E-state index in [0.29, 0.717) is 5.56 Å². The zero-order valence-corrected chi connectivity index (χ0v) is 11.8. The number of nitrogens with one attached hydrogen (secondary N) is 1. The highest BCUT2D eigenvalue weighted by Crippen LogP contribution is 2.20. The molecule has 0 heterocycles. The number of hydrogen-bond acceptors (Lipinski definition) is 3. The van der Waals surface area contributed by atoms with Crippen molar-refractivity contribution >= 4 is 17.6 Å². The number of aryl methyl sites for hydroxylation is 1. The summed E-state index contributed by atoms with van der Waals surface area (Å²) in [6.45, 7) is 6.80. The number of alkyl halides is 2. The second-order valence-electron chi connectivity index (χ2n) is 5.32. The van der Waals surface area contributed by atoms with Gasteiger partial charge in [0.1, 0.15) is 5.60 Å². The van der Waals surface area contributed by atoms with E-state index in [1.807, 2.05) is 0 Å². The fourth-order valence-electron chi connectivity index (χ4n) is 1.45. The summed E-state index contributed by atoms with van der Waals surface area (Å²) in [5.41, 5.74) is 0.0816. The van der Waals surface area contributed by atoms with Gasteiger partial charge in [-0.15, -0.1) is 0 Å². The van der Waals surface area contributed by atoms with Crippen molar-refractivity contribution < 1.29 is 23.1 Å². The summed E-state index contributed by atoms with van der Waals surface area (Å²) in [5.74, 6) is -1.28. The Morgan fingerprint density at radius 3 is 2.35 bits per heavy atom. The first-order valence-corrected chi connectivity index (χ1v) is 6.03. The Morgan fingerprint density at radius 2 is 1.85 bits per heavy atom. The van der Waals surface area contributed by atoms with Gasteiger partial charge in [-0.05, 0) is 39.3 Å². The lowest BCUT2D eigenvalue weighted by molar-refractivity contribution is 0.0634. The Kier molecular flexibility index (Phi) is 4.81. The number of anilines is 1. The number of carbonyl (C=O) groups excluding carboxylic acids is 2. The summed E-state index contributed by atoms with van der Waals surface area (Å²) in [6, 6.07) is 4.00. The fourth-order valence-corrected chi connectivity index (χ4v) is 1.45. The molecule has 1 aromatic carbocycles. The van der Waals surface area contributed by atoms with Crippen LogP contribution in [0.25, 0.3) is 0 Å². The molecule has 0 aliphatic rings. The van der Waals surface area contributed by atoms with Gasteiger partial charge in [0.2, 0.25) is 5.78 Å². The molecule has 0 aliphatic heterocycles. The van der Waals surface area contributed by atoms with Gasteiger partial charge in [0.05, 0.1) is 0 Å². The monoisotopic (exact) mass is 285 g/mol. The van der Waals surface area contributed by atoms with Crippen molar-refractivity contribution in [1.82, 2.24) is 0 Å². The summed E-state index contributed by atoms with van der Waals surface area (Å²) in [4.78, 5) is 22.9. The van der Waals surface area contributed by atoms with Crippen molar-refractivity contribution in [2.45, 2.75) is 39.7 Å². The number of ether oxygens (including phenoxy) is 1. The first-order valence-electron chi connectivity index (χ1n) is 6.03. The molecule has 0 saturated carbocycles. The van der Waals surface area contributed by atoms with Crippen molar-refractivity contribution in [3.8, 4) is 0 Å². The third-order valence-corrected chi connectivity index (χ3v) is 2.36. The molecule has 0 fully saturated rings. The molecule has 0 aliphatic carbocycles. The van der Waals surface area contributed by atoms with E-state index in [9.17, 15) is 18.4 Å². The highest BCUT2D eigenvalue weighted by atomic mass is 19.3. The fraction of sp³-hybridized carbons (Fsp3) is 0.429. The van der Waals surface area contributed by atoms with Crippen molar-refractivity contribution in [3.63, 3.8) is 0 Å². The van der Waals surface area contributed by atoms with E-state index in [1.165, 1.54) is 18.2 Å². The summed E-state index contributed by atoms with van der Waals surface area (Å²) < 4.78 is 29.8. The summed E-state index contributed by atoms with van der Waals surface area (Å²) in [5, 5.41) is 2.44. The van der Waals surface area contributed by atoms with Crippen LogP contribution in [-0.2, 0) is 4.74 Å². The molecular formula is C14H17F2NO3. The number of ketones is 1. The van der Waals surface area contributed by atoms with Gasteiger partial charge < -0.3 is 4.74 Å². The molecule has 1 aromatic rings. The van der Waals surface area contributed by atoms with E-state index >= 15 is 0 Å². The average Bonchev–Trinajstić information content (AvgIpc) is 2.28. The second kappa shape index (κ2) is 5.98. The van der Waals surface area contributed by atoms with E-state index in [1.54, 1.807) is 27.7 Å². The number of benzene rings is 1. The van der Waals surface area contributed by atoms with Gasteiger partial charge in [-0.1, -0.05) is 12.1 Å². The first kappa shape index (κ1) is 16.1. The number of carbonyl (C=O) groups is 2. The third kappa shape index (κ3) is 4.60. The van der Waals surface area contributed by atoms with Gasteiger partial charge in [-0.2, -0.15) is 0 Å². The number of rotatable bonds is 3. The lowest BCUT2D eigenvalue weighted by Crippen LogP contribution is -2.27. The van der Waals surface area contributed by atoms with Crippen LogP contribution in [0.1, 0.15) is 36.7 Å². The maximum atomic E-state index is 12.4. The minimum absolute atomic E-state index is 0.156. The Bertz CT molecular complexity index is 522. The molecule has 4 nitrogen and oxygen atoms in total. The molecule has 20 heavy (non-hydrogen) atoms. The normalized spacial score (nSPS) is 11.3. The quantitative estimate of drug-likeness (QED) is 0.860. The zero-order chi connectivity index (χ0) is 15.5. The Morgan fingerprint density at radius 1 is 1.25 bits per heavy atom. The van der Waals surface area contributed by atoms with E-state index in [4.69, 9.17) is 4.74 Å². The Labute approximate surface area is 116 Å². The molecule has 0 radical (unpaired) electrons. The van der Waals surface area contributed by atoms with Gasteiger partial charge in [0.25, 0.3) is 0 Å². The van der Waals surface area contributed by atoms with Crippen LogP contribution >= 0.6 is 0 Å². The van der Waals surface area contributed by atoms with E-state index < -0.39 is 23.9 Å². The van der Waals surface area contributed by atoms with Crippen LogP contribution in [0, 0.1) is 6.92 Å². The summed E-state index contributed by atoms with van der Waals surface area (Å²) in [7, 11) is 0. The summed E-state index contributed by atoms with van der Waals surface area (Å²) >= 11 is 0. The first-order chi connectivity index (χ1) is 9.10. The minimum Gasteiger partial charge on any atom is -0.444 e. The molecule has 0 atom stereocenters. The van der Waals surface area contributed by atoms with Crippen LogP contribution in [0.5, 0.6) is 0 Å². The molecule has 0 unspecified atom stereocenters. The van der Waals surface area contributed by atoms with Crippen molar-refractivity contribution in [3.05, 3.63) is 29.3 Å². The summed E-state index contributed by atoms with van der Waals surface area (Å²) in [6.07, 6.45) is -3.78. The Hall–Kier alpha value is -1.98. The molecule has 1 rings (SSSR count). The minimum atomic E-state index is -3.08. The third-order valence-electron chi connectivity index (χ3n) is 2.36. The average molecular weight is 285 g/mol. The standard InChI is InChI=1S/C14H17F2NO3/c1-8-5-6-9(11(18)12(15)16)7-10(8)17-13(19)20-14(2,3)4/h5-7,12H,1-4H3,(H,17,19). The van der Waals surface area contributed by atoms with Gasteiger partial charge >= 0.3 is 12.5 Å². The van der Waals surface area contributed by atoms with Gasteiger partial charge in [0, 0.05) is 11.3 Å². The van der Waals surface area contributed by atoms with Gasteiger partial charge in [-0.3, -0.25) is 10.1 Å². The van der Waals surface area contributed by atoms with Crippen molar-refractivity contribution in [1.29, 1.82) is 0 Å². The lowest BCUT2D eigenvalue weighted by atomic mass is 10.1. The van der Waals surface area contributed by atoms with Crippen LogP contribution < -0.4 is 5.32 Å². The molecule has 0 spiro atoms. The maximum absolute atomic E-state index is 12.4.